The highest BCUT2D eigenvalue weighted by Gasteiger charge is 2.27. The van der Waals surface area contributed by atoms with Gasteiger partial charge in [0, 0.05) is 23.1 Å². The van der Waals surface area contributed by atoms with Crippen LogP contribution < -0.4 is 5.32 Å². The number of aliphatic carboxylic acids is 1. The van der Waals surface area contributed by atoms with Crippen LogP contribution in [0.2, 0.25) is 0 Å². The molecular weight excluding hydrogens is 342 g/mol. The van der Waals surface area contributed by atoms with Crippen LogP contribution in [0.1, 0.15) is 29.6 Å². The molecule has 3 N–H and O–H groups in total. The molecule has 0 aromatic heterocycles. The Balaban J connectivity index is 2.04. The minimum atomic E-state index is -1.10. The van der Waals surface area contributed by atoms with Crippen molar-refractivity contribution >= 4 is 27.8 Å². The van der Waals surface area contributed by atoms with E-state index < -0.39 is 17.9 Å². The minimum absolute atomic E-state index is 0.0690. The van der Waals surface area contributed by atoms with Gasteiger partial charge in [0.15, 0.2) is 0 Å². The number of aromatic hydroxyl groups is 1. The Morgan fingerprint density at radius 2 is 2.19 bits per heavy atom. The number of nitrogens with one attached hydrogen (secondary N) is 1. The van der Waals surface area contributed by atoms with Gasteiger partial charge in [0.2, 0.25) is 0 Å². The zero-order valence-electron chi connectivity index (χ0n) is 11.2. The maximum Gasteiger partial charge on any atom is 0.326 e. The molecule has 0 saturated carbocycles. The standard InChI is InChI=1S/C14H16BrNO5/c15-9-4-8(5-10(17)6-9)13(18)16-12(14(19)20)7-11-2-1-3-21-11/h4-6,11-12,17H,1-3,7H2,(H,16,18)(H,19,20). The molecule has 0 radical (unpaired) electrons. The number of phenolic OH excluding ortho intramolecular Hbond substituents is 1. The summed E-state index contributed by atoms with van der Waals surface area (Å²) in [6.45, 7) is 0.629. The molecule has 1 heterocycles. The summed E-state index contributed by atoms with van der Waals surface area (Å²) in [4.78, 5) is 23.3. The Morgan fingerprint density at radius 1 is 1.43 bits per heavy atom. The lowest BCUT2D eigenvalue weighted by Gasteiger charge is -2.18. The first-order valence-electron chi connectivity index (χ1n) is 6.60. The molecule has 1 aliphatic rings. The van der Waals surface area contributed by atoms with E-state index in [9.17, 15) is 19.8 Å². The van der Waals surface area contributed by atoms with Crippen molar-refractivity contribution in [3.8, 4) is 5.75 Å². The molecule has 2 rings (SSSR count). The van der Waals surface area contributed by atoms with Crippen molar-refractivity contribution in [2.75, 3.05) is 6.61 Å². The Kier molecular flexibility index (Phi) is 5.19. The van der Waals surface area contributed by atoms with Crippen molar-refractivity contribution in [1.29, 1.82) is 0 Å². The number of carbonyl (C=O) groups excluding carboxylic acids is 1. The van der Waals surface area contributed by atoms with E-state index in [2.05, 4.69) is 21.2 Å². The molecule has 21 heavy (non-hydrogen) atoms. The quantitative estimate of drug-likeness (QED) is 0.747. The van der Waals surface area contributed by atoms with Gasteiger partial charge in [-0.3, -0.25) is 4.79 Å². The molecule has 1 amide bonds. The predicted molar refractivity (Wildman–Crippen MR) is 78.3 cm³/mol. The fourth-order valence-corrected chi connectivity index (χ4v) is 2.74. The molecule has 1 fully saturated rings. The number of hydrogen-bond acceptors (Lipinski definition) is 4. The van der Waals surface area contributed by atoms with Crippen molar-refractivity contribution in [3.63, 3.8) is 0 Å². The largest absolute Gasteiger partial charge is 0.508 e. The lowest BCUT2D eigenvalue weighted by atomic mass is 10.1. The molecule has 2 unspecified atom stereocenters. The normalized spacial score (nSPS) is 19.2. The molecule has 2 atom stereocenters. The summed E-state index contributed by atoms with van der Waals surface area (Å²) in [7, 11) is 0. The Hall–Kier alpha value is -1.60. The van der Waals surface area contributed by atoms with Gasteiger partial charge in [-0.25, -0.2) is 4.79 Å². The van der Waals surface area contributed by atoms with Gasteiger partial charge in [0.05, 0.1) is 6.10 Å². The lowest BCUT2D eigenvalue weighted by molar-refractivity contribution is -0.140. The summed E-state index contributed by atoms with van der Waals surface area (Å²) in [5.74, 6) is -1.71. The summed E-state index contributed by atoms with van der Waals surface area (Å²) in [6.07, 6.45) is 1.81. The van der Waals surface area contributed by atoms with E-state index in [0.717, 1.165) is 12.8 Å². The van der Waals surface area contributed by atoms with Gasteiger partial charge < -0.3 is 20.3 Å². The van der Waals surface area contributed by atoms with Crippen molar-refractivity contribution in [3.05, 3.63) is 28.2 Å². The van der Waals surface area contributed by atoms with E-state index in [1.807, 2.05) is 0 Å². The highest BCUT2D eigenvalue weighted by atomic mass is 79.9. The van der Waals surface area contributed by atoms with Gasteiger partial charge in [-0.15, -0.1) is 0 Å². The number of rotatable bonds is 5. The first-order chi connectivity index (χ1) is 9.95. The SMILES string of the molecule is O=C(NC(CC1CCCO1)C(=O)O)c1cc(O)cc(Br)c1. The Labute approximate surface area is 130 Å². The van der Waals surface area contributed by atoms with Crippen LogP contribution in [0, 0.1) is 0 Å². The van der Waals surface area contributed by atoms with Crippen molar-refractivity contribution < 1.29 is 24.5 Å². The van der Waals surface area contributed by atoms with Crippen LogP contribution in [0.4, 0.5) is 0 Å². The number of halogens is 1. The van der Waals surface area contributed by atoms with Crippen molar-refractivity contribution in [1.82, 2.24) is 5.32 Å². The van der Waals surface area contributed by atoms with Crippen LogP contribution >= 0.6 is 15.9 Å². The summed E-state index contributed by atoms with van der Waals surface area (Å²) < 4.78 is 5.94. The molecule has 0 aliphatic carbocycles. The van der Waals surface area contributed by atoms with Gasteiger partial charge in [-0.05, 0) is 31.0 Å². The van der Waals surface area contributed by atoms with Crippen LogP contribution in [-0.2, 0) is 9.53 Å². The second kappa shape index (κ2) is 6.91. The van der Waals surface area contributed by atoms with Crippen molar-refractivity contribution in [2.24, 2.45) is 0 Å². The van der Waals surface area contributed by atoms with E-state index in [0.29, 0.717) is 11.1 Å². The summed E-state index contributed by atoms with van der Waals surface area (Å²) in [5, 5.41) is 21.1. The fraction of sp³-hybridized carbons (Fsp3) is 0.429. The minimum Gasteiger partial charge on any atom is -0.508 e. The van der Waals surface area contributed by atoms with E-state index in [-0.39, 0.29) is 23.8 Å². The molecule has 1 aliphatic heterocycles. The third kappa shape index (κ3) is 4.44. The van der Waals surface area contributed by atoms with Gasteiger partial charge in [-0.2, -0.15) is 0 Å². The highest BCUT2D eigenvalue weighted by Crippen LogP contribution is 2.21. The summed E-state index contributed by atoms with van der Waals surface area (Å²) >= 11 is 3.17. The van der Waals surface area contributed by atoms with Crippen LogP contribution in [-0.4, -0.2) is 40.8 Å². The van der Waals surface area contributed by atoms with Crippen LogP contribution in [0.25, 0.3) is 0 Å². The van der Waals surface area contributed by atoms with E-state index >= 15 is 0 Å². The molecule has 0 spiro atoms. The van der Waals surface area contributed by atoms with E-state index in [1.54, 1.807) is 0 Å². The molecule has 1 aromatic carbocycles. The average Bonchev–Trinajstić information content (AvgIpc) is 2.89. The molecule has 0 bridgehead atoms. The third-order valence-electron chi connectivity index (χ3n) is 3.27. The lowest BCUT2D eigenvalue weighted by Crippen LogP contribution is -2.42. The third-order valence-corrected chi connectivity index (χ3v) is 3.73. The number of carboxylic acids is 1. The molecule has 7 heteroatoms. The monoisotopic (exact) mass is 357 g/mol. The highest BCUT2D eigenvalue weighted by molar-refractivity contribution is 9.10. The van der Waals surface area contributed by atoms with Crippen LogP contribution in [0.15, 0.2) is 22.7 Å². The first-order valence-corrected chi connectivity index (χ1v) is 7.40. The van der Waals surface area contributed by atoms with Crippen molar-refractivity contribution in [2.45, 2.75) is 31.4 Å². The first kappa shape index (κ1) is 15.8. The summed E-state index contributed by atoms with van der Waals surface area (Å²) in [6, 6.07) is 3.23. The Bertz CT molecular complexity index is 522. The second-order valence-electron chi connectivity index (χ2n) is 4.93. The number of benzene rings is 1. The predicted octanol–water partition coefficient (Wildman–Crippen LogP) is 1.91. The zero-order valence-corrected chi connectivity index (χ0v) is 12.8. The molecular formula is C14H16BrNO5. The van der Waals surface area contributed by atoms with E-state index in [1.165, 1.54) is 18.2 Å². The molecule has 1 saturated heterocycles. The molecule has 114 valence electrons. The molecule has 6 nitrogen and oxygen atoms in total. The van der Waals surface area contributed by atoms with Gasteiger partial charge in [0.25, 0.3) is 5.91 Å². The molecule has 1 aromatic rings. The number of phenols is 1. The number of amides is 1. The van der Waals surface area contributed by atoms with Gasteiger partial charge in [0.1, 0.15) is 11.8 Å². The van der Waals surface area contributed by atoms with E-state index in [4.69, 9.17) is 4.74 Å². The van der Waals surface area contributed by atoms with Gasteiger partial charge >= 0.3 is 5.97 Å². The average molecular weight is 358 g/mol. The maximum absolute atomic E-state index is 12.1. The fourth-order valence-electron chi connectivity index (χ4n) is 2.26. The summed E-state index contributed by atoms with van der Waals surface area (Å²) in [5.41, 5.74) is 0.195. The van der Waals surface area contributed by atoms with Crippen LogP contribution in [0.3, 0.4) is 0 Å². The van der Waals surface area contributed by atoms with Crippen LogP contribution in [0.5, 0.6) is 5.75 Å². The van der Waals surface area contributed by atoms with Gasteiger partial charge in [-0.1, -0.05) is 15.9 Å². The smallest absolute Gasteiger partial charge is 0.326 e. The second-order valence-corrected chi connectivity index (χ2v) is 5.85. The number of ether oxygens (including phenoxy) is 1. The Morgan fingerprint density at radius 3 is 2.76 bits per heavy atom. The topological polar surface area (TPSA) is 95.9 Å². The zero-order chi connectivity index (χ0) is 15.4. The number of hydrogen-bond donors (Lipinski definition) is 3. The maximum atomic E-state index is 12.1. The number of carbonyl (C=O) groups is 2. The number of carboxylic acid groups (broad SMARTS) is 1.